The maximum Gasteiger partial charge on any atom is 0.0946 e. The molecule has 0 aliphatic carbocycles. The maximum absolute atomic E-state index is 4.31. The van der Waals surface area contributed by atoms with Crippen molar-refractivity contribution in [1.82, 2.24) is 24.5 Å². The number of hydrogen-bond acceptors (Lipinski definition) is 3. The Morgan fingerprint density at radius 1 is 1.22 bits per heavy atom. The van der Waals surface area contributed by atoms with Gasteiger partial charge in [0.1, 0.15) is 0 Å². The van der Waals surface area contributed by atoms with Crippen LogP contribution >= 0.6 is 0 Å². The van der Waals surface area contributed by atoms with Gasteiger partial charge in [0.15, 0.2) is 0 Å². The summed E-state index contributed by atoms with van der Waals surface area (Å²) < 4.78 is 3.95. The average molecular weight is 241 g/mol. The summed E-state index contributed by atoms with van der Waals surface area (Å²) in [6.07, 6.45) is 9.48. The summed E-state index contributed by atoms with van der Waals surface area (Å²) in [5.41, 5.74) is 2.38. The first-order valence-electron chi connectivity index (χ1n) is 6.01. The SMILES string of the molecule is c1ccn2ncc(CNCCn3ccnc3)c2c1. The van der Waals surface area contributed by atoms with Gasteiger partial charge in [0, 0.05) is 43.8 Å². The van der Waals surface area contributed by atoms with Crippen LogP contribution in [-0.4, -0.2) is 25.7 Å². The lowest BCUT2D eigenvalue weighted by atomic mass is 10.2. The Hall–Kier alpha value is -2.14. The lowest BCUT2D eigenvalue weighted by molar-refractivity contribution is 0.598. The third kappa shape index (κ3) is 2.26. The number of fused-ring (bicyclic) bond motifs is 1. The summed E-state index contributed by atoms with van der Waals surface area (Å²) in [5, 5.41) is 7.73. The Morgan fingerprint density at radius 3 is 3.11 bits per heavy atom. The first kappa shape index (κ1) is 11.0. The van der Waals surface area contributed by atoms with Gasteiger partial charge in [-0.2, -0.15) is 5.10 Å². The van der Waals surface area contributed by atoms with Crippen LogP contribution < -0.4 is 5.32 Å². The lowest BCUT2D eigenvalue weighted by Crippen LogP contribution is -2.18. The second kappa shape index (κ2) is 5.01. The molecule has 0 spiro atoms. The van der Waals surface area contributed by atoms with Crippen molar-refractivity contribution < 1.29 is 0 Å². The number of aromatic nitrogens is 4. The van der Waals surface area contributed by atoms with Crippen LogP contribution in [0.2, 0.25) is 0 Å². The van der Waals surface area contributed by atoms with Crippen molar-refractivity contribution in [3.63, 3.8) is 0 Å². The Labute approximate surface area is 105 Å². The van der Waals surface area contributed by atoms with Crippen LogP contribution in [-0.2, 0) is 13.1 Å². The van der Waals surface area contributed by atoms with E-state index in [1.165, 1.54) is 5.56 Å². The molecule has 0 fully saturated rings. The molecule has 0 radical (unpaired) electrons. The molecule has 3 rings (SSSR count). The minimum absolute atomic E-state index is 0.836. The molecular formula is C13H15N5. The van der Waals surface area contributed by atoms with Crippen molar-refractivity contribution >= 4 is 5.52 Å². The van der Waals surface area contributed by atoms with Gasteiger partial charge in [0.05, 0.1) is 18.0 Å². The van der Waals surface area contributed by atoms with E-state index < -0.39 is 0 Å². The predicted octanol–water partition coefficient (Wildman–Crippen LogP) is 1.32. The highest BCUT2D eigenvalue weighted by Crippen LogP contribution is 2.08. The fourth-order valence-electron chi connectivity index (χ4n) is 1.97. The second-order valence-corrected chi connectivity index (χ2v) is 4.18. The van der Waals surface area contributed by atoms with Gasteiger partial charge in [0.25, 0.3) is 0 Å². The normalized spacial score (nSPS) is 11.1. The summed E-state index contributed by atoms with van der Waals surface area (Å²) in [5.74, 6) is 0. The van der Waals surface area contributed by atoms with Crippen molar-refractivity contribution in [2.24, 2.45) is 0 Å². The molecule has 5 nitrogen and oxygen atoms in total. The van der Waals surface area contributed by atoms with Crippen LogP contribution in [0, 0.1) is 0 Å². The summed E-state index contributed by atoms with van der Waals surface area (Å²) in [4.78, 5) is 4.01. The number of nitrogens with zero attached hydrogens (tertiary/aromatic N) is 4. The van der Waals surface area contributed by atoms with Crippen molar-refractivity contribution in [3.05, 3.63) is 54.9 Å². The summed E-state index contributed by atoms with van der Waals surface area (Å²) >= 11 is 0. The fourth-order valence-corrected chi connectivity index (χ4v) is 1.97. The van der Waals surface area contributed by atoms with Gasteiger partial charge in [0.2, 0.25) is 0 Å². The van der Waals surface area contributed by atoms with Crippen molar-refractivity contribution in [3.8, 4) is 0 Å². The molecular weight excluding hydrogens is 226 g/mol. The molecule has 0 amide bonds. The van der Waals surface area contributed by atoms with Crippen LogP contribution in [0.15, 0.2) is 49.3 Å². The van der Waals surface area contributed by atoms with Gasteiger partial charge in [-0.25, -0.2) is 9.50 Å². The van der Waals surface area contributed by atoms with E-state index >= 15 is 0 Å². The van der Waals surface area contributed by atoms with Crippen molar-refractivity contribution in [2.75, 3.05) is 6.54 Å². The molecule has 0 aliphatic heterocycles. The smallest absolute Gasteiger partial charge is 0.0946 e. The highest BCUT2D eigenvalue weighted by Gasteiger charge is 2.01. The van der Waals surface area contributed by atoms with Gasteiger partial charge < -0.3 is 9.88 Å². The van der Waals surface area contributed by atoms with E-state index in [1.54, 1.807) is 6.20 Å². The molecule has 5 heteroatoms. The van der Waals surface area contributed by atoms with Crippen LogP contribution in [0.4, 0.5) is 0 Å². The molecule has 0 unspecified atom stereocenters. The second-order valence-electron chi connectivity index (χ2n) is 4.18. The molecule has 3 aromatic rings. The fraction of sp³-hybridized carbons (Fsp3) is 0.231. The van der Waals surface area contributed by atoms with Gasteiger partial charge >= 0.3 is 0 Å². The molecule has 0 aliphatic rings. The van der Waals surface area contributed by atoms with Crippen LogP contribution in [0.1, 0.15) is 5.56 Å². The zero-order valence-corrected chi connectivity index (χ0v) is 10.0. The first-order valence-corrected chi connectivity index (χ1v) is 6.01. The zero-order valence-electron chi connectivity index (χ0n) is 10.0. The third-order valence-corrected chi connectivity index (χ3v) is 2.93. The molecule has 3 aromatic heterocycles. The molecule has 0 bridgehead atoms. The third-order valence-electron chi connectivity index (χ3n) is 2.93. The van der Waals surface area contributed by atoms with E-state index in [0.717, 1.165) is 25.2 Å². The number of pyridine rings is 1. The van der Waals surface area contributed by atoms with E-state index in [4.69, 9.17) is 0 Å². The summed E-state index contributed by atoms with van der Waals surface area (Å²) in [6, 6.07) is 6.10. The number of imidazole rings is 1. The van der Waals surface area contributed by atoms with E-state index in [1.807, 2.05) is 41.6 Å². The van der Waals surface area contributed by atoms with Gasteiger partial charge in [-0.3, -0.25) is 0 Å². The van der Waals surface area contributed by atoms with E-state index in [-0.39, 0.29) is 0 Å². The molecule has 18 heavy (non-hydrogen) atoms. The quantitative estimate of drug-likeness (QED) is 0.685. The molecule has 3 heterocycles. The average Bonchev–Trinajstić information content (AvgIpc) is 3.04. The Morgan fingerprint density at radius 2 is 2.22 bits per heavy atom. The van der Waals surface area contributed by atoms with E-state index in [2.05, 4.69) is 26.0 Å². The number of nitrogens with one attached hydrogen (secondary N) is 1. The molecule has 0 saturated heterocycles. The van der Waals surface area contributed by atoms with Crippen molar-refractivity contribution in [1.29, 1.82) is 0 Å². The van der Waals surface area contributed by atoms with Gasteiger partial charge in [-0.1, -0.05) is 6.07 Å². The van der Waals surface area contributed by atoms with E-state index in [9.17, 15) is 0 Å². The highest BCUT2D eigenvalue weighted by molar-refractivity contribution is 5.53. The summed E-state index contributed by atoms with van der Waals surface area (Å²) in [6.45, 7) is 2.68. The monoisotopic (exact) mass is 241 g/mol. The molecule has 0 saturated carbocycles. The Kier molecular flexibility index (Phi) is 3.06. The first-order chi connectivity index (χ1) is 8.93. The Balaban J connectivity index is 1.57. The van der Waals surface area contributed by atoms with Crippen LogP contribution in [0.3, 0.4) is 0 Å². The van der Waals surface area contributed by atoms with E-state index in [0.29, 0.717) is 0 Å². The van der Waals surface area contributed by atoms with Gasteiger partial charge in [-0.05, 0) is 12.1 Å². The number of hydrogen-bond donors (Lipinski definition) is 1. The van der Waals surface area contributed by atoms with Crippen LogP contribution in [0.25, 0.3) is 5.52 Å². The Bertz CT molecular complexity index is 611. The zero-order chi connectivity index (χ0) is 12.2. The summed E-state index contributed by atoms with van der Waals surface area (Å²) in [7, 11) is 0. The van der Waals surface area contributed by atoms with Gasteiger partial charge in [-0.15, -0.1) is 0 Å². The predicted molar refractivity (Wildman–Crippen MR) is 69.1 cm³/mol. The maximum atomic E-state index is 4.31. The van der Waals surface area contributed by atoms with Crippen LogP contribution in [0.5, 0.6) is 0 Å². The largest absolute Gasteiger partial charge is 0.336 e. The standard InChI is InChI=1S/C13H15N5/c1-2-6-18-13(3-1)12(10-16-18)9-14-4-7-17-8-5-15-11-17/h1-3,5-6,8,10-11,14H,4,7,9H2. The highest BCUT2D eigenvalue weighted by atomic mass is 15.2. The molecule has 0 aromatic carbocycles. The molecule has 92 valence electrons. The number of rotatable bonds is 5. The minimum atomic E-state index is 0.836. The topological polar surface area (TPSA) is 47.1 Å². The van der Waals surface area contributed by atoms with Crippen molar-refractivity contribution in [2.45, 2.75) is 13.1 Å². The lowest BCUT2D eigenvalue weighted by Gasteiger charge is -2.04. The minimum Gasteiger partial charge on any atom is -0.336 e. The molecule has 0 atom stereocenters. The molecule has 1 N–H and O–H groups in total.